The van der Waals surface area contributed by atoms with Crippen LogP contribution in [0.15, 0.2) is 18.2 Å². The number of rotatable bonds is 4. The van der Waals surface area contributed by atoms with Gasteiger partial charge in [-0.3, -0.25) is 0 Å². The maximum atomic E-state index is 6.31. The van der Waals surface area contributed by atoms with Gasteiger partial charge in [-0.25, -0.2) is 4.98 Å². The van der Waals surface area contributed by atoms with Crippen molar-refractivity contribution in [1.82, 2.24) is 10.3 Å². The molecular weight excluding hydrogens is 323 g/mol. The first kappa shape index (κ1) is 15.3. The number of nitrogens with zero attached hydrogens (tertiary/aromatic N) is 1. The highest BCUT2D eigenvalue weighted by Crippen LogP contribution is 2.39. The number of halogens is 2. The van der Waals surface area contributed by atoms with Gasteiger partial charge in [-0.1, -0.05) is 30.1 Å². The first-order chi connectivity index (χ1) is 10.2. The maximum Gasteiger partial charge on any atom is 0.125 e. The molecule has 2 aromatic rings. The summed E-state index contributed by atoms with van der Waals surface area (Å²) in [6.45, 7) is 3.23. The molecule has 0 bridgehead atoms. The summed E-state index contributed by atoms with van der Waals surface area (Å²) in [5.74, 6) is 0. The molecular formula is C16H18Cl2N2S. The Balaban J connectivity index is 1.94. The van der Waals surface area contributed by atoms with Gasteiger partial charge in [0.15, 0.2) is 0 Å². The molecule has 1 aromatic heterocycles. The summed E-state index contributed by atoms with van der Waals surface area (Å²) in [6, 6.07) is 6.01. The van der Waals surface area contributed by atoms with Gasteiger partial charge < -0.3 is 5.32 Å². The van der Waals surface area contributed by atoms with Gasteiger partial charge in [0.2, 0.25) is 0 Å². The monoisotopic (exact) mass is 340 g/mol. The molecule has 1 aromatic carbocycles. The highest BCUT2D eigenvalue weighted by Gasteiger charge is 2.25. The summed E-state index contributed by atoms with van der Waals surface area (Å²) in [5.41, 5.74) is 2.20. The highest BCUT2D eigenvalue weighted by molar-refractivity contribution is 7.15. The zero-order valence-corrected chi connectivity index (χ0v) is 14.3. The van der Waals surface area contributed by atoms with Gasteiger partial charge in [0.05, 0.1) is 16.8 Å². The van der Waals surface area contributed by atoms with Crippen LogP contribution in [-0.2, 0) is 6.42 Å². The van der Waals surface area contributed by atoms with Crippen molar-refractivity contribution in [1.29, 1.82) is 0 Å². The van der Waals surface area contributed by atoms with Crippen LogP contribution in [0.4, 0.5) is 0 Å². The van der Waals surface area contributed by atoms with Crippen LogP contribution in [0.1, 0.15) is 42.8 Å². The number of hydrogen-bond acceptors (Lipinski definition) is 3. The van der Waals surface area contributed by atoms with Gasteiger partial charge in [0.1, 0.15) is 5.01 Å². The lowest BCUT2D eigenvalue weighted by atomic mass is 9.97. The summed E-state index contributed by atoms with van der Waals surface area (Å²) in [7, 11) is 0. The fourth-order valence-corrected chi connectivity index (χ4v) is 4.47. The molecule has 0 saturated heterocycles. The summed E-state index contributed by atoms with van der Waals surface area (Å²) in [6.07, 6.45) is 4.67. The van der Waals surface area contributed by atoms with Crippen LogP contribution < -0.4 is 5.32 Å². The molecule has 1 atom stereocenters. The van der Waals surface area contributed by atoms with E-state index < -0.39 is 0 Å². The summed E-state index contributed by atoms with van der Waals surface area (Å²) in [5, 5.41) is 5.95. The summed E-state index contributed by atoms with van der Waals surface area (Å²) < 4.78 is 0. The van der Waals surface area contributed by atoms with Gasteiger partial charge in [-0.15, -0.1) is 11.3 Å². The Morgan fingerprint density at radius 3 is 3.00 bits per heavy atom. The van der Waals surface area contributed by atoms with E-state index >= 15 is 0 Å². The molecule has 0 radical (unpaired) electrons. The largest absolute Gasteiger partial charge is 0.309 e. The van der Waals surface area contributed by atoms with Crippen LogP contribution in [0.2, 0.25) is 10.0 Å². The predicted molar refractivity (Wildman–Crippen MR) is 91.5 cm³/mol. The third-order valence-corrected chi connectivity index (χ3v) is 5.47. The number of nitrogens with one attached hydrogen (secondary N) is 1. The Morgan fingerprint density at radius 1 is 1.38 bits per heavy atom. The lowest BCUT2D eigenvalue weighted by molar-refractivity contribution is 0.454. The van der Waals surface area contributed by atoms with Crippen molar-refractivity contribution < 1.29 is 0 Å². The second kappa shape index (κ2) is 6.66. The fourth-order valence-electron chi connectivity index (χ4n) is 2.71. The van der Waals surface area contributed by atoms with Crippen molar-refractivity contribution in [3.8, 4) is 10.6 Å². The van der Waals surface area contributed by atoms with E-state index in [-0.39, 0.29) is 0 Å². The van der Waals surface area contributed by atoms with E-state index in [4.69, 9.17) is 28.2 Å². The average molecular weight is 341 g/mol. The highest BCUT2D eigenvalue weighted by atomic mass is 35.5. The molecule has 0 spiro atoms. The van der Waals surface area contributed by atoms with Crippen LogP contribution in [0.5, 0.6) is 0 Å². The van der Waals surface area contributed by atoms with E-state index in [1.807, 2.05) is 12.1 Å². The van der Waals surface area contributed by atoms with Crippen LogP contribution in [0.3, 0.4) is 0 Å². The van der Waals surface area contributed by atoms with E-state index in [2.05, 4.69) is 12.2 Å². The first-order valence-electron chi connectivity index (χ1n) is 7.37. The standard InChI is InChI=1S/C16H18Cl2N2S/c1-2-8-19-13-4-3-5-14-15(13)20-16(21-14)11-7-6-10(17)9-12(11)18/h6-7,9,13,19H,2-5,8H2,1H3. The van der Waals surface area contributed by atoms with Gasteiger partial charge in [-0.2, -0.15) is 0 Å². The fraction of sp³-hybridized carbons (Fsp3) is 0.438. The molecule has 2 nitrogen and oxygen atoms in total. The first-order valence-corrected chi connectivity index (χ1v) is 8.94. The predicted octanol–water partition coefficient (Wildman–Crippen LogP) is 5.49. The lowest BCUT2D eigenvalue weighted by Crippen LogP contribution is -2.25. The SMILES string of the molecule is CCCNC1CCCc2sc(-c3ccc(Cl)cc3Cl)nc21. The van der Waals surface area contributed by atoms with E-state index in [0.29, 0.717) is 16.1 Å². The molecule has 112 valence electrons. The zero-order chi connectivity index (χ0) is 14.8. The molecule has 1 aliphatic rings. The van der Waals surface area contributed by atoms with Crippen LogP contribution >= 0.6 is 34.5 Å². The number of aryl methyl sites for hydroxylation is 1. The zero-order valence-electron chi connectivity index (χ0n) is 12.0. The summed E-state index contributed by atoms with van der Waals surface area (Å²) >= 11 is 14.1. The number of thiazole rings is 1. The van der Waals surface area contributed by atoms with Gasteiger partial charge in [-0.05, 0) is 50.4 Å². The van der Waals surface area contributed by atoms with Crippen LogP contribution in [0, 0.1) is 0 Å². The number of fused-ring (bicyclic) bond motifs is 1. The normalized spacial score (nSPS) is 17.8. The smallest absolute Gasteiger partial charge is 0.125 e. The van der Waals surface area contributed by atoms with Crippen molar-refractivity contribution >= 4 is 34.5 Å². The molecule has 0 fully saturated rings. The Labute approximate surface area is 139 Å². The molecule has 1 heterocycles. The minimum absolute atomic E-state index is 0.393. The minimum atomic E-state index is 0.393. The topological polar surface area (TPSA) is 24.9 Å². The van der Waals surface area contributed by atoms with Crippen molar-refractivity contribution in [3.63, 3.8) is 0 Å². The van der Waals surface area contributed by atoms with Crippen molar-refractivity contribution in [2.24, 2.45) is 0 Å². The van der Waals surface area contributed by atoms with Gasteiger partial charge >= 0.3 is 0 Å². The molecule has 3 rings (SSSR count). The Kier molecular flexibility index (Phi) is 4.85. The third-order valence-electron chi connectivity index (χ3n) is 3.76. The quantitative estimate of drug-likeness (QED) is 0.795. The molecule has 1 N–H and O–H groups in total. The molecule has 1 aliphatic carbocycles. The Hall–Kier alpha value is -0.610. The van der Waals surface area contributed by atoms with E-state index in [1.54, 1.807) is 17.4 Å². The lowest BCUT2D eigenvalue weighted by Gasteiger charge is -2.22. The minimum Gasteiger partial charge on any atom is -0.309 e. The van der Waals surface area contributed by atoms with Crippen LogP contribution in [0.25, 0.3) is 10.6 Å². The number of benzene rings is 1. The molecule has 0 amide bonds. The van der Waals surface area contributed by atoms with E-state index in [9.17, 15) is 0 Å². The second-order valence-corrected chi connectivity index (χ2v) is 7.28. The van der Waals surface area contributed by atoms with Crippen molar-refractivity contribution in [2.75, 3.05) is 6.54 Å². The number of aromatic nitrogens is 1. The van der Waals surface area contributed by atoms with E-state index in [0.717, 1.165) is 30.0 Å². The van der Waals surface area contributed by atoms with E-state index in [1.165, 1.54) is 23.4 Å². The molecule has 0 aliphatic heterocycles. The van der Waals surface area contributed by atoms with Gasteiger partial charge in [0, 0.05) is 15.5 Å². The van der Waals surface area contributed by atoms with Crippen molar-refractivity contribution in [2.45, 2.75) is 38.6 Å². The Bertz CT molecular complexity index is 639. The maximum absolute atomic E-state index is 6.31. The molecule has 5 heteroatoms. The Morgan fingerprint density at radius 2 is 2.24 bits per heavy atom. The van der Waals surface area contributed by atoms with Gasteiger partial charge in [0.25, 0.3) is 0 Å². The molecule has 21 heavy (non-hydrogen) atoms. The third kappa shape index (κ3) is 3.26. The molecule has 1 unspecified atom stereocenters. The molecule has 0 saturated carbocycles. The van der Waals surface area contributed by atoms with Crippen LogP contribution in [-0.4, -0.2) is 11.5 Å². The average Bonchev–Trinajstić information content (AvgIpc) is 2.89. The number of hydrogen-bond donors (Lipinski definition) is 1. The van der Waals surface area contributed by atoms with Crippen molar-refractivity contribution in [3.05, 3.63) is 38.8 Å². The summed E-state index contributed by atoms with van der Waals surface area (Å²) in [4.78, 5) is 6.27. The second-order valence-electron chi connectivity index (χ2n) is 5.35.